The SMILES string of the molecule is O=C([O-])C(CCO)Oc1ccc(Cl)cc1. The number of carboxylic acids is 1. The molecule has 1 rings (SSSR count). The number of hydrogen-bond acceptors (Lipinski definition) is 4. The Morgan fingerprint density at radius 3 is 2.53 bits per heavy atom. The summed E-state index contributed by atoms with van der Waals surface area (Å²) >= 11 is 5.65. The van der Waals surface area contributed by atoms with E-state index in [9.17, 15) is 9.90 Å². The lowest BCUT2D eigenvalue weighted by Crippen LogP contribution is -2.40. The number of carbonyl (C=O) groups is 1. The molecule has 0 aromatic heterocycles. The van der Waals surface area contributed by atoms with Crippen LogP contribution in [-0.2, 0) is 4.79 Å². The number of carboxylic acid groups (broad SMARTS) is 1. The molecule has 0 spiro atoms. The lowest BCUT2D eigenvalue weighted by molar-refractivity contribution is -0.314. The molecule has 0 amide bonds. The van der Waals surface area contributed by atoms with Gasteiger partial charge in [-0.05, 0) is 24.3 Å². The summed E-state index contributed by atoms with van der Waals surface area (Å²) in [7, 11) is 0. The van der Waals surface area contributed by atoms with Gasteiger partial charge in [0.2, 0.25) is 0 Å². The van der Waals surface area contributed by atoms with E-state index in [4.69, 9.17) is 21.4 Å². The average Bonchev–Trinajstić information content (AvgIpc) is 2.20. The second-order valence-electron chi connectivity index (χ2n) is 2.89. The van der Waals surface area contributed by atoms with Gasteiger partial charge in [-0.1, -0.05) is 11.6 Å². The first-order chi connectivity index (χ1) is 7.13. The number of hydrogen-bond donors (Lipinski definition) is 1. The molecule has 1 N–H and O–H groups in total. The van der Waals surface area contributed by atoms with Crippen molar-refractivity contribution in [2.24, 2.45) is 0 Å². The minimum atomic E-state index is -1.35. The van der Waals surface area contributed by atoms with Crippen molar-refractivity contribution in [3.05, 3.63) is 29.3 Å². The van der Waals surface area contributed by atoms with E-state index in [2.05, 4.69) is 0 Å². The topological polar surface area (TPSA) is 69.6 Å². The van der Waals surface area contributed by atoms with Crippen LogP contribution < -0.4 is 9.84 Å². The van der Waals surface area contributed by atoms with Crippen molar-refractivity contribution in [1.82, 2.24) is 0 Å². The minimum absolute atomic E-state index is 0.00897. The predicted molar refractivity (Wildman–Crippen MR) is 52.6 cm³/mol. The average molecular weight is 230 g/mol. The van der Waals surface area contributed by atoms with Gasteiger partial charge in [-0.3, -0.25) is 0 Å². The molecular formula is C10H10ClO4-. The highest BCUT2D eigenvalue weighted by atomic mass is 35.5. The maximum Gasteiger partial charge on any atom is 0.140 e. The fourth-order valence-electron chi connectivity index (χ4n) is 1.02. The van der Waals surface area contributed by atoms with Crippen molar-refractivity contribution in [2.45, 2.75) is 12.5 Å². The fourth-order valence-corrected chi connectivity index (χ4v) is 1.15. The van der Waals surface area contributed by atoms with Crippen molar-refractivity contribution in [1.29, 1.82) is 0 Å². The van der Waals surface area contributed by atoms with E-state index < -0.39 is 12.1 Å². The van der Waals surface area contributed by atoms with Crippen molar-refractivity contribution in [3.63, 3.8) is 0 Å². The maximum absolute atomic E-state index is 10.6. The van der Waals surface area contributed by atoms with Gasteiger partial charge < -0.3 is 19.7 Å². The second kappa shape index (κ2) is 5.58. The Morgan fingerprint density at radius 1 is 1.47 bits per heavy atom. The van der Waals surface area contributed by atoms with E-state index in [1.54, 1.807) is 24.3 Å². The van der Waals surface area contributed by atoms with Gasteiger partial charge in [-0.2, -0.15) is 0 Å². The number of benzene rings is 1. The highest BCUT2D eigenvalue weighted by Gasteiger charge is 2.10. The zero-order chi connectivity index (χ0) is 11.3. The molecule has 0 saturated carbocycles. The molecule has 0 bridgehead atoms. The van der Waals surface area contributed by atoms with E-state index in [-0.39, 0.29) is 13.0 Å². The normalized spacial score (nSPS) is 12.1. The lowest BCUT2D eigenvalue weighted by Gasteiger charge is -2.18. The molecule has 15 heavy (non-hydrogen) atoms. The predicted octanol–water partition coefficient (Wildman–Crippen LogP) is 0.220. The zero-order valence-corrected chi connectivity index (χ0v) is 8.61. The number of rotatable bonds is 5. The molecule has 82 valence electrons. The number of aliphatic hydroxyl groups excluding tert-OH is 1. The summed E-state index contributed by atoms with van der Waals surface area (Å²) in [5.41, 5.74) is 0. The number of carbonyl (C=O) groups excluding carboxylic acids is 1. The molecule has 0 aliphatic carbocycles. The number of aliphatic carboxylic acids is 1. The van der Waals surface area contributed by atoms with Crippen molar-refractivity contribution >= 4 is 17.6 Å². The summed E-state index contributed by atoms with van der Waals surface area (Å²) in [6, 6.07) is 6.27. The Kier molecular flexibility index (Phi) is 4.39. The van der Waals surface area contributed by atoms with Crippen LogP contribution in [0.2, 0.25) is 5.02 Å². The van der Waals surface area contributed by atoms with Gasteiger partial charge >= 0.3 is 0 Å². The third-order valence-electron chi connectivity index (χ3n) is 1.75. The fraction of sp³-hybridized carbons (Fsp3) is 0.300. The molecule has 1 aromatic carbocycles. The molecule has 0 saturated heterocycles. The highest BCUT2D eigenvalue weighted by Crippen LogP contribution is 2.17. The van der Waals surface area contributed by atoms with E-state index in [0.29, 0.717) is 10.8 Å². The Hall–Kier alpha value is -1.26. The quantitative estimate of drug-likeness (QED) is 0.784. The van der Waals surface area contributed by atoms with Crippen LogP contribution >= 0.6 is 11.6 Å². The molecule has 0 aliphatic rings. The Balaban J connectivity index is 2.65. The van der Waals surface area contributed by atoms with E-state index in [1.165, 1.54) is 0 Å². The molecular weight excluding hydrogens is 220 g/mol. The number of ether oxygens (including phenoxy) is 1. The van der Waals surface area contributed by atoms with Crippen molar-refractivity contribution in [3.8, 4) is 5.75 Å². The van der Waals surface area contributed by atoms with Crippen molar-refractivity contribution < 1.29 is 19.7 Å². The third-order valence-corrected chi connectivity index (χ3v) is 2.00. The van der Waals surface area contributed by atoms with Crippen molar-refractivity contribution in [2.75, 3.05) is 6.61 Å². The van der Waals surface area contributed by atoms with Gasteiger partial charge in [0.25, 0.3) is 0 Å². The van der Waals surface area contributed by atoms with Gasteiger partial charge in [-0.25, -0.2) is 0 Å². The minimum Gasteiger partial charge on any atom is -0.546 e. The first kappa shape index (κ1) is 11.8. The van der Waals surface area contributed by atoms with Gasteiger partial charge in [-0.15, -0.1) is 0 Å². The van der Waals surface area contributed by atoms with Crippen LogP contribution in [0.3, 0.4) is 0 Å². The van der Waals surface area contributed by atoms with Crippen LogP contribution in [0.5, 0.6) is 5.75 Å². The van der Waals surface area contributed by atoms with E-state index >= 15 is 0 Å². The van der Waals surface area contributed by atoms with Crippen LogP contribution in [0.15, 0.2) is 24.3 Å². The van der Waals surface area contributed by atoms with Crippen LogP contribution in [0.4, 0.5) is 0 Å². The number of halogens is 1. The maximum atomic E-state index is 10.6. The standard InChI is InChI=1S/C10H11ClO4/c11-7-1-3-8(4-2-7)15-9(5-6-12)10(13)14/h1-4,9,12H,5-6H2,(H,13,14)/p-1. The lowest BCUT2D eigenvalue weighted by atomic mass is 10.2. The summed E-state index contributed by atoms with van der Waals surface area (Å²) < 4.78 is 5.09. The van der Waals surface area contributed by atoms with E-state index in [1.807, 2.05) is 0 Å². The molecule has 5 heteroatoms. The third kappa shape index (κ3) is 3.77. The van der Waals surface area contributed by atoms with Crippen LogP contribution in [0.1, 0.15) is 6.42 Å². The Morgan fingerprint density at radius 2 is 2.07 bits per heavy atom. The van der Waals surface area contributed by atoms with Crippen LogP contribution in [0, 0.1) is 0 Å². The molecule has 1 unspecified atom stereocenters. The molecule has 0 fully saturated rings. The Bertz CT molecular complexity index is 323. The Labute approximate surface area is 92.1 Å². The van der Waals surface area contributed by atoms with E-state index in [0.717, 1.165) is 0 Å². The smallest absolute Gasteiger partial charge is 0.140 e. The second-order valence-corrected chi connectivity index (χ2v) is 3.33. The summed E-state index contributed by atoms with van der Waals surface area (Å²) in [6.07, 6.45) is -1.15. The van der Waals surface area contributed by atoms with Gasteiger partial charge in [0.15, 0.2) is 0 Å². The summed E-state index contributed by atoms with van der Waals surface area (Å²) in [4.78, 5) is 10.6. The number of aliphatic hydroxyl groups is 1. The molecule has 1 aromatic rings. The van der Waals surface area contributed by atoms with Crippen LogP contribution in [-0.4, -0.2) is 23.8 Å². The van der Waals surface area contributed by atoms with Gasteiger partial charge in [0, 0.05) is 18.1 Å². The molecule has 1 atom stereocenters. The molecule has 0 radical (unpaired) electrons. The van der Waals surface area contributed by atoms with Gasteiger partial charge in [0.05, 0.1) is 5.97 Å². The first-order valence-corrected chi connectivity index (χ1v) is 4.75. The molecule has 4 nitrogen and oxygen atoms in total. The largest absolute Gasteiger partial charge is 0.546 e. The summed E-state index contributed by atoms with van der Waals surface area (Å²) in [6.45, 7) is -0.272. The monoisotopic (exact) mass is 229 g/mol. The van der Waals surface area contributed by atoms with Crippen LogP contribution in [0.25, 0.3) is 0 Å². The van der Waals surface area contributed by atoms with Gasteiger partial charge in [0.1, 0.15) is 11.9 Å². The molecule has 0 heterocycles. The first-order valence-electron chi connectivity index (χ1n) is 4.37. The molecule has 0 aliphatic heterocycles. The summed E-state index contributed by atoms with van der Waals surface area (Å²) in [5, 5.41) is 19.7. The highest BCUT2D eigenvalue weighted by molar-refractivity contribution is 6.30. The summed E-state index contributed by atoms with van der Waals surface area (Å²) in [5.74, 6) is -0.971. The zero-order valence-electron chi connectivity index (χ0n) is 7.85.